The quantitative estimate of drug-likeness (QED) is 0.805. The average Bonchev–Trinajstić information content (AvgIpc) is 2.55. The molecule has 2 rings (SSSR count). The van der Waals surface area contributed by atoms with Gasteiger partial charge in [-0.25, -0.2) is 13.1 Å². The molecule has 0 radical (unpaired) electrons. The molecule has 25 heavy (non-hydrogen) atoms. The summed E-state index contributed by atoms with van der Waals surface area (Å²) in [7, 11) is -3.53. The van der Waals surface area contributed by atoms with Gasteiger partial charge in [0, 0.05) is 37.3 Å². The molecule has 1 aliphatic heterocycles. The van der Waals surface area contributed by atoms with Crippen molar-refractivity contribution in [1.82, 2.24) is 14.9 Å². The van der Waals surface area contributed by atoms with Crippen molar-refractivity contribution in [2.24, 2.45) is 5.92 Å². The van der Waals surface area contributed by atoms with Gasteiger partial charge in [0.15, 0.2) is 0 Å². The van der Waals surface area contributed by atoms with Gasteiger partial charge in [-0.15, -0.1) is 12.4 Å². The fourth-order valence-corrected chi connectivity index (χ4v) is 3.86. The Hall–Kier alpha value is -1.15. The van der Waals surface area contributed by atoms with E-state index in [9.17, 15) is 13.2 Å². The number of amides is 1. The molecule has 142 valence electrons. The SMILES string of the molecule is CC(C)CNS(=O)(=O)c1ccc(C(=O)N2CCNC(C)C2C)cc1.Cl. The summed E-state index contributed by atoms with van der Waals surface area (Å²) in [5, 5.41) is 3.34. The van der Waals surface area contributed by atoms with Crippen molar-refractivity contribution in [2.75, 3.05) is 19.6 Å². The maximum Gasteiger partial charge on any atom is 0.254 e. The Labute approximate surface area is 156 Å². The summed E-state index contributed by atoms with van der Waals surface area (Å²) in [6, 6.07) is 6.50. The van der Waals surface area contributed by atoms with Gasteiger partial charge >= 0.3 is 0 Å². The van der Waals surface area contributed by atoms with Crippen LogP contribution in [0.25, 0.3) is 0 Å². The van der Waals surface area contributed by atoms with E-state index in [1.54, 1.807) is 12.1 Å². The highest BCUT2D eigenvalue weighted by Crippen LogP contribution is 2.16. The van der Waals surface area contributed by atoms with Crippen LogP contribution in [0, 0.1) is 5.92 Å². The number of halogens is 1. The van der Waals surface area contributed by atoms with Crippen LogP contribution >= 0.6 is 12.4 Å². The molecular formula is C17H28ClN3O3S. The Morgan fingerprint density at radius 1 is 1.28 bits per heavy atom. The average molecular weight is 390 g/mol. The number of nitrogens with one attached hydrogen (secondary N) is 2. The Kier molecular flexibility index (Phi) is 7.87. The summed E-state index contributed by atoms with van der Waals surface area (Å²) in [6.07, 6.45) is 0. The predicted octanol–water partition coefficient (Wildman–Crippen LogP) is 1.87. The Bertz CT molecular complexity index is 677. The van der Waals surface area contributed by atoms with E-state index in [0.29, 0.717) is 18.7 Å². The predicted molar refractivity (Wildman–Crippen MR) is 102 cm³/mol. The lowest BCUT2D eigenvalue weighted by atomic mass is 10.1. The van der Waals surface area contributed by atoms with E-state index in [1.807, 2.05) is 25.7 Å². The number of hydrogen-bond acceptors (Lipinski definition) is 4. The molecule has 2 unspecified atom stereocenters. The van der Waals surface area contributed by atoms with Gasteiger partial charge in [0.05, 0.1) is 4.90 Å². The van der Waals surface area contributed by atoms with Crippen LogP contribution in [0.1, 0.15) is 38.1 Å². The van der Waals surface area contributed by atoms with Gasteiger partial charge in [-0.3, -0.25) is 4.79 Å². The van der Waals surface area contributed by atoms with E-state index in [-0.39, 0.29) is 41.2 Å². The minimum absolute atomic E-state index is 0. The van der Waals surface area contributed by atoms with Gasteiger partial charge in [0.2, 0.25) is 10.0 Å². The zero-order valence-electron chi connectivity index (χ0n) is 15.2. The summed E-state index contributed by atoms with van der Waals surface area (Å²) in [4.78, 5) is 14.7. The van der Waals surface area contributed by atoms with E-state index in [1.165, 1.54) is 12.1 Å². The Morgan fingerprint density at radius 2 is 1.88 bits per heavy atom. The Morgan fingerprint density at radius 3 is 2.44 bits per heavy atom. The fraction of sp³-hybridized carbons (Fsp3) is 0.588. The second kappa shape index (κ2) is 8.98. The van der Waals surface area contributed by atoms with Crippen molar-refractivity contribution in [1.29, 1.82) is 0 Å². The molecule has 0 aromatic heterocycles. The summed E-state index contributed by atoms with van der Waals surface area (Å²) in [5.41, 5.74) is 0.513. The number of carbonyl (C=O) groups is 1. The van der Waals surface area contributed by atoms with Crippen molar-refractivity contribution in [3.05, 3.63) is 29.8 Å². The third-order valence-corrected chi connectivity index (χ3v) is 5.83. The molecule has 8 heteroatoms. The number of piperazine rings is 1. The molecule has 1 aliphatic rings. The molecule has 1 saturated heterocycles. The summed E-state index contributed by atoms with van der Waals surface area (Å²) >= 11 is 0. The first-order valence-corrected chi connectivity index (χ1v) is 9.85. The standard InChI is InChI=1S/C17H27N3O3S.ClH/c1-12(2)11-19-24(22,23)16-7-5-15(6-8-16)17(21)20-10-9-18-13(3)14(20)4;/h5-8,12-14,18-19H,9-11H2,1-4H3;1H. The van der Waals surface area contributed by atoms with E-state index >= 15 is 0 Å². The molecular weight excluding hydrogens is 362 g/mol. The molecule has 0 saturated carbocycles. The van der Waals surface area contributed by atoms with Crippen LogP contribution in [0.3, 0.4) is 0 Å². The first kappa shape index (κ1) is 21.9. The molecule has 2 N–H and O–H groups in total. The monoisotopic (exact) mass is 389 g/mol. The van der Waals surface area contributed by atoms with Gasteiger partial charge < -0.3 is 10.2 Å². The molecule has 0 spiro atoms. The number of sulfonamides is 1. The number of nitrogens with zero attached hydrogens (tertiary/aromatic N) is 1. The highest BCUT2D eigenvalue weighted by atomic mass is 35.5. The molecule has 1 aromatic carbocycles. The maximum atomic E-state index is 12.7. The van der Waals surface area contributed by atoms with Crippen LogP contribution in [0.2, 0.25) is 0 Å². The summed E-state index contributed by atoms with van der Waals surface area (Å²) in [5.74, 6) is 0.173. The number of benzene rings is 1. The lowest BCUT2D eigenvalue weighted by Crippen LogP contribution is -2.57. The first-order chi connectivity index (χ1) is 11.2. The van der Waals surface area contributed by atoms with Crippen molar-refractivity contribution in [2.45, 2.75) is 44.7 Å². The molecule has 1 fully saturated rings. The lowest BCUT2D eigenvalue weighted by Gasteiger charge is -2.38. The normalized spacial score (nSPS) is 21.1. The van der Waals surface area contributed by atoms with Gasteiger partial charge in [-0.2, -0.15) is 0 Å². The van der Waals surface area contributed by atoms with E-state index in [2.05, 4.69) is 17.0 Å². The fourth-order valence-electron chi connectivity index (χ4n) is 2.65. The third-order valence-electron chi connectivity index (χ3n) is 4.39. The molecule has 1 amide bonds. The third kappa shape index (κ3) is 5.41. The van der Waals surface area contributed by atoms with Crippen LogP contribution in [-0.4, -0.2) is 50.9 Å². The van der Waals surface area contributed by atoms with Crippen molar-refractivity contribution >= 4 is 28.3 Å². The number of carbonyl (C=O) groups excluding carboxylic acids is 1. The topological polar surface area (TPSA) is 78.5 Å². The van der Waals surface area contributed by atoms with Crippen molar-refractivity contribution in [3.63, 3.8) is 0 Å². The minimum atomic E-state index is -3.53. The molecule has 1 aromatic rings. The molecule has 0 bridgehead atoms. The maximum absolute atomic E-state index is 12.7. The Balaban J connectivity index is 0.00000312. The van der Waals surface area contributed by atoms with E-state index in [4.69, 9.17) is 0 Å². The number of hydrogen-bond donors (Lipinski definition) is 2. The summed E-state index contributed by atoms with van der Waals surface area (Å²) in [6.45, 7) is 9.77. The van der Waals surface area contributed by atoms with E-state index < -0.39 is 10.0 Å². The lowest BCUT2D eigenvalue weighted by molar-refractivity contribution is 0.0603. The highest BCUT2D eigenvalue weighted by Gasteiger charge is 2.28. The van der Waals surface area contributed by atoms with Gasteiger partial charge in [-0.1, -0.05) is 13.8 Å². The van der Waals surface area contributed by atoms with Crippen LogP contribution in [0.5, 0.6) is 0 Å². The smallest absolute Gasteiger partial charge is 0.254 e. The van der Waals surface area contributed by atoms with E-state index in [0.717, 1.165) is 6.54 Å². The zero-order valence-corrected chi connectivity index (χ0v) is 16.8. The van der Waals surface area contributed by atoms with Gasteiger partial charge in [0.1, 0.15) is 0 Å². The van der Waals surface area contributed by atoms with Gasteiger partial charge in [-0.05, 0) is 44.0 Å². The van der Waals surface area contributed by atoms with Crippen molar-refractivity contribution < 1.29 is 13.2 Å². The number of rotatable bonds is 5. The summed E-state index contributed by atoms with van der Waals surface area (Å²) < 4.78 is 27.0. The minimum Gasteiger partial charge on any atom is -0.333 e. The molecule has 0 aliphatic carbocycles. The van der Waals surface area contributed by atoms with Gasteiger partial charge in [0.25, 0.3) is 5.91 Å². The van der Waals surface area contributed by atoms with Crippen LogP contribution in [0.4, 0.5) is 0 Å². The molecule has 6 nitrogen and oxygen atoms in total. The van der Waals surface area contributed by atoms with Crippen LogP contribution in [0.15, 0.2) is 29.2 Å². The van der Waals surface area contributed by atoms with Crippen molar-refractivity contribution in [3.8, 4) is 0 Å². The largest absolute Gasteiger partial charge is 0.333 e. The highest BCUT2D eigenvalue weighted by molar-refractivity contribution is 7.89. The zero-order chi connectivity index (χ0) is 17.9. The van der Waals surface area contributed by atoms with Crippen LogP contribution < -0.4 is 10.0 Å². The first-order valence-electron chi connectivity index (χ1n) is 8.36. The van der Waals surface area contributed by atoms with Crippen LogP contribution in [-0.2, 0) is 10.0 Å². The second-order valence-electron chi connectivity index (χ2n) is 6.75. The molecule has 1 heterocycles. The molecule has 2 atom stereocenters. The second-order valence-corrected chi connectivity index (χ2v) is 8.52.